The molecule has 0 radical (unpaired) electrons. The molecule has 0 spiro atoms. The van der Waals surface area contributed by atoms with Crippen LogP contribution in [-0.2, 0) is 14.3 Å². The van der Waals surface area contributed by atoms with Crippen molar-refractivity contribution in [3.8, 4) is 17.0 Å². The molecule has 0 amide bonds. The quantitative estimate of drug-likeness (QED) is 0.407. The van der Waals surface area contributed by atoms with Crippen molar-refractivity contribution in [1.29, 1.82) is 0 Å². The number of benzene rings is 2. The van der Waals surface area contributed by atoms with Crippen LogP contribution in [0.1, 0.15) is 0 Å². The van der Waals surface area contributed by atoms with Crippen LogP contribution in [0.2, 0.25) is 0 Å². The van der Waals surface area contributed by atoms with Crippen LogP contribution >= 0.6 is 11.3 Å². The molecule has 0 unspecified atom stereocenters. The summed E-state index contributed by atoms with van der Waals surface area (Å²) < 4.78 is 13.1. The molecule has 0 saturated heterocycles. The van der Waals surface area contributed by atoms with Gasteiger partial charge >= 0.3 is 11.9 Å². The fraction of sp³-hybridized carbons (Fsp3) is 0.105. The van der Waals surface area contributed by atoms with E-state index in [9.17, 15) is 9.59 Å². The van der Waals surface area contributed by atoms with Gasteiger partial charge in [-0.3, -0.25) is 4.40 Å². The molecule has 0 bridgehead atoms. The van der Waals surface area contributed by atoms with E-state index in [1.54, 1.807) is 29.5 Å². The lowest BCUT2D eigenvalue weighted by atomic mass is 10.1. The minimum atomic E-state index is -1.14. The van der Waals surface area contributed by atoms with Gasteiger partial charge in [0.15, 0.2) is 4.96 Å². The van der Waals surface area contributed by atoms with Crippen molar-refractivity contribution in [2.24, 2.45) is 0 Å². The van der Waals surface area contributed by atoms with Crippen molar-refractivity contribution < 1.29 is 24.2 Å². The number of rotatable bonds is 6. The Balaban J connectivity index is 1.54. The third-order valence-electron chi connectivity index (χ3n) is 3.81. The first-order valence-corrected chi connectivity index (χ1v) is 8.89. The lowest BCUT2D eigenvalue weighted by Crippen LogP contribution is -2.18. The molecular weight excluding hydrogens is 368 g/mol. The number of aromatic nitrogens is 2. The van der Waals surface area contributed by atoms with Gasteiger partial charge < -0.3 is 14.6 Å². The topological polar surface area (TPSA) is 90.1 Å². The molecule has 1 N–H and O–H groups in total. The van der Waals surface area contributed by atoms with Crippen molar-refractivity contribution in [3.63, 3.8) is 0 Å². The zero-order valence-electron chi connectivity index (χ0n) is 14.0. The Morgan fingerprint density at radius 1 is 1.11 bits per heavy atom. The second-order valence-electron chi connectivity index (χ2n) is 5.74. The Kier molecular flexibility index (Phi) is 4.57. The van der Waals surface area contributed by atoms with Crippen molar-refractivity contribution in [2.45, 2.75) is 0 Å². The van der Waals surface area contributed by atoms with Crippen LogP contribution in [0, 0.1) is 0 Å². The number of carbonyl (C=O) groups is 2. The molecule has 136 valence electrons. The van der Waals surface area contributed by atoms with E-state index in [2.05, 4.69) is 11.1 Å². The van der Waals surface area contributed by atoms with Gasteiger partial charge in [-0.15, -0.1) is 0 Å². The molecule has 0 aliphatic rings. The maximum absolute atomic E-state index is 11.7. The number of aliphatic carboxylic acids is 1. The summed E-state index contributed by atoms with van der Waals surface area (Å²) in [5.74, 6) is -1.46. The van der Waals surface area contributed by atoms with E-state index < -0.39 is 25.2 Å². The zero-order valence-corrected chi connectivity index (χ0v) is 14.8. The Hall–Kier alpha value is -3.23. The van der Waals surface area contributed by atoms with Crippen molar-refractivity contribution in [2.75, 3.05) is 13.2 Å². The molecule has 4 rings (SSSR count). The smallest absolute Gasteiger partial charge is 0.337 e. The second kappa shape index (κ2) is 7.18. The standard InChI is InChI=1S/C19H14N2O5S/c22-17(23)10-25-11-18(24)26-13-5-3-4-12(8-13)14-9-21-15-6-1-2-7-16(15)27-19(21)20-14/h1-9H,10-11H2,(H,22,23). The molecule has 2 heterocycles. The summed E-state index contributed by atoms with van der Waals surface area (Å²) in [6.45, 7) is -0.975. The van der Waals surface area contributed by atoms with Gasteiger partial charge in [-0.25, -0.2) is 14.6 Å². The van der Waals surface area contributed by atoms with E-state index in [1.165, 1.54) is 0 Å². The molecule has 27 heavy (non-hydrogen) atoms. The summed E-state index contributed by atoms with van der Waals surface area (Å²) in [6, 6.07) is 15.1. The Bertz CT molecular complexity index is 1150. The predicted molar refractivity (Wildman–Crippen MR) is 100 cm³/mol. The van der Waals surface area contributed by atoms with Crippen LogP contribution in [0.3, 0.4) is 0 Å². The number of hydrogen-bond donors (Lipinski definition) is 1. The van der Waals surface area contributed by atoms with Gasteiger partial charge in [0, 0.05) is 11.8 Å². The highest BCUT2D eigenvalue weighted by Gasteiger charge is 2.12. The van der Waals surface area contributed by atoms with Crippen molar-refractivity contribution >= 4 is 38.5 Å². The maximum Gasteiger partial charge on any atom is 0.337 e. The number of thiazole rings is 1. The second-order valence-corrected chi connectivity index (χ2v) is 6.75. The van der Waals surface area contributed by atoms with E-state index >= 15 is 0 Å². The van der Waals surface area contributed by atoms with Gasteiger partial charge in [-0.05, 0) is 24.3 Å². The summed E-state index contributed by atoms with van der Waals surface area (Å²) in [5, 5.41) is 8.50. The number of carbonyl (C=O) groups excluding carboxylic acids is 1. The van der Waals surface area contributed by atoms with Gasteiger partial charge in [0.05, 0.1) is 15.9 Å². The van der Waals surface area contributed by atoms with Crippen LogP contribution < -0.4 is 4.74 Å². The van der Waals surface area contributed by atoms with Crippen molar-refractivity contribution in [1.82, 2.24) is 9.38 Å². The number of nitrogens with zero attached hydrogens (tertiary/aromatic N) is 2. The van der Waals surface area contributed by atoms with Crippen LogP contribution in [0.25, 0.3) is 26.4 Å². The van der Waals surface area contributed by atoms with Crippen LogP contribution in [0.4, 0.5) is 0 Å². The Morgan fingerprint density at radius 3 is 2.81 bits per heavy atom. The monoisotopic (exact) mass is 382 g/mol. The third kappa shape index (κ3) is 3.67. The molecular formula is C19H14N2O5S. The first-order chi connectivity index (χ1) is 13.1. The average molecular weight is 382 g/mol. The molecule has 2 aromatic carbocycles. The zero-order chi connectivity index (χ0) is 18.8. The van der Waals surface area contributed by atoms with E-state index in [0.717, 1.165) is 26.4 Å². The molecule has 8 heteroatoms. The number of imidazole rings is 1. The van der Waals surface area contributed by atoms with Gasteiger partial charge in [0.2, 0.25) is 0 Å². The number of para-hydroxylation sites is 1. The average Bonchev–Trinajstić information content (AvgIpc) is 3.19. The minimum Gasteiger partial charge on any atom is -0.480 e. The lowest BCUT2D eigenvalue weighted by molar-refractivity contribution is -0.147. The minimum absolute atomic E-state index is 0.345. The molecule has 0 atom stereocenters. The third-order valence-corrected chi connectivity index (χ3v) is 4.84. The number of carboxylic acids is 1. The fourth-order valence-corrected chi connectivity index (χ4v) is 3.70. The lowest BCUT2D eigenvalue weighted by Gasteiger charge is -2.05. The molecule has 0 fully saturated rings. The first kappa shape index (κ1) is 17.2. The summed E-state index contributed by atoms with van der Waals surface area (Å²) in [4.78, 5) is 27.7. The van der Waals surface area contributed by atoms with Crippen LogP contribution in [0.15, 0.2) is 54.7 Å². The summed E-state index contributed by atoms with van der Waals surface area (Å²) in [6.07, 6.45) is 1.95. The van der Waals surface area contributed by atoms with Crippen LogP contribution in [-0.4, -0.2) is 39.6 Å². The molecule has 7 nitrogen and oxygen atoms in total. The Labute approximate surface area is 157 Å². The number of carboxylic acid groups (broad SMARTS) is 1. The summed E-state index contributed by atoms with van der Waals surface area (Å²) in [5.41, 5.74) is 2.67. The maximum atomic E-state index is 11.7. The normalized spacial score (nSPS) is 11.1. The molecule has 0 saturated carbocycles. The molecule has 4 aromatic rings. The first-order valence-electron chi connectivity index (χ1n) is 8.07. The SMILES string of the molecule is O=C(O)COCC(=O)Oc1cccc(-c2cn3c(n2)sc2ccccc23)c1. The van der Waals surface area contributed by atoms with E-state index in [4.69, 9.17) is 14.6 Å². The fourth-order valence-electron chi connectivity index (χ4n) is 2.69. The van der Waals surface area contributed by atoms with E-state index in [0.29, 0.717) is 5.75 Å². The predicted octanol–water partition coefficient (Wildman–Crippen LogP) is 3.22. The van der Waals surface area contributed by atoms with Gasteiger partial charge in [-0.2, -0.15) is 0 Å². The van der Waals surface area contributed by atoms with Gasteiger partial charge in [0.1, 0.15) is 19.0 Å². The number of fused-ring (bicyclic) bond motifs is 3. The molecule has 2 aromatic heterocycles. The Morgan fingerprint density at radius 2 is 1.96 bits per heavy atom. The van der Waals surface area contributed by atoms with E-state index in [-0.39, 0.29) is 0 Å². The highest BCUT2D eigenvalue weighted by molar-refractivity contribution is 7.23. The molecule has 0 aliphatic carbocycles. The summed E-state index contributed by atoms with van der Waals surface area (Å²) in [7, 11) is 0. The highest BCUT2D eigenvalue weighted by atomic mass is 32.1. The van der Waals surface area contributed by atoms with Crippen molar-refractivity contribution in [3.05, 3.63) is 54.7 Å². The number of esters is 1. The number of ether oxygens (including phenoxy) is 2. The van der Waals surface area contributed by atoms with E-state index in [1.807, 2.05) is 34.9 Å². The molecule has 0 aliphatic heterocycles. The number of hydrogen-bond acceptors (Lipinski definition) is 6. The summed E-state index contributed by atoms with van der Waals surface area (Å²) >= 11 is 1.61. The van der Waals surface area contributed by atoms with Gasteiger partial charge in [0.25, 0.3) is 0 Å². The van der Waals surface area contributed by atoms with Gasteiger partial charge in [-0.1, -0.05) is 35.6 Å². The highest BCUT2D eigenvalue weighted by Crippen LogP contribution is 2.30. The largest absolute Gasteiger partial charge is 0.480 e. The van der Waals surface area contributed by atoms with Crippen LogP contribution in [0.5, 0.6) is 5.75 Å².